The standard InChI is InChI=1S/C13H20N4O/c14-13-11(7-16-17-13)6-15-12(18)5-10-4-8-1-2-9(10)3-8/h7-10H,1-6H2,(H,15,18)(H3,14,16,17). The Kier molecular flexibility index (Phi) is 2.97. The van der Waals surface area contributed by atoms with E-state index in [9.17, 15) is 4.79 Å². The van der Waals surface area contributed by atoms with Crippen molar-refractivity contribution in [3.63, 3.8) is 0 Å². The highest BCUT2D eigenvalue weighted by Crippen LogP contribution is 2.49. The topological polar surface area (TPSA) is 83.8 Å². The molecular formula is C13H20N4O. The predicted molar refractivity (Wildman–Crippen MR) is 68.4 cm³/mol. The Morgan fingerprint density at radius 1 is 1.50 bits per heavy atom. The Morgan fingerprint density at radius 2 is 2.39 bits per heavy atom. The van der Waals surface area contributed by atoms with Gasteiger partial charge in [-0.2, -0.15) is 5.10 Å². The number of hydrogen-bond donors (Lipinski definition) is 3. The van der Waals surface area contributed by atoms with E-state index in [1.165, 1.54) is 25.7 Å². The van der Waals surface area contributed by atoms with E-state index in [0.717, 1.165) is 17.4 Å². The lowest BCUT2D eigenvalue weighted by Crippen LogP contribution is -2.27. The minimum atomic E-state index is 0.146. The molecule has 2 fully saturated rings. The molecule has 18 heavy (non-hydrogen) atoms. The Bertz CT molecular complexity index is 442. The van der Waals surface area contributed by atoms with Crippen molar-refractivity contribution in [2.45, 2.75) is 38.6 Å². The van der Waals surface area contributed by atoms with Crippen molar-refractivity contribution < 1.29 is 4.79 Å². The molecule has 1 aromatic heterocycles. The van der Waals surface area contributed by atoms with E-state index in [4.69, 9.17) is 5.73 Å². The molecule has 5 nitrogen and oxygen atoms in total. The SMILES string of the molecule is Nc1[nH]ncc1CNC(=O)CC1CC2CCC1C2. The van der Waals surface area contributed by atoms with Crippen LogP contribution in [0.15, 0.2) is 6.20 Å². The normalized spacial score (nSPS) is 29.7. The zero-order chi connectivity index (χ0) is 12.5. The van der Waals surface area contributed by atoms with Gasteiger partial charge in [-0.3, -0.25) is 9.89 Å². The predicted octanol–water partition coefficient (Wildman–Crippen LogP) is 1.43. The maximum absolute atomic E-state index is 11.9. The van der Waals surface area contributed by atoms with E-state index < -0.39 is 0 Å². The summed E-state index contributed by atoms with van der Waals surface area (Å²) in [7, 11) is 0. The molecule has 3 unspecified atom stereocenters. The monoisotopic (exact) mass is 248 g/mol. The molecule has 0 saturated heterocycles. The van der Waals surface area contributed by atoms with Crippen LogP contribution in [0.2, 0.25) is 0 Å². The molecule has 3 atom stereocenters. The fourth-order valence-electron chi connectivity index (χ4n) is 3.59. The van der Waals surface area contributed by atoms with Gasteiger partial charge in [0.15, 0.2) is 0 Å². The van der Waals surface area contributed by atoms with Crippen LogP contribution in [-0.2, 0) is 11.3 Å². The van der Waals surface area contributed by atoms with Crippen molar-refractivity contribution in [3.8, 4) is 0 Å². The first-order valence-electron chi connectivity index (χ1n) is 6.77. The molecule has 0 spiro atoms. The van der Waals surface area contributed by atoms with E-state index >= 15 is 0 Å². The van der Waals surface area contributed by atoms with Crippen LogP contribution in [-0.4, -0.2) is 16.1 Å². The summed E-state index contributed by atoms with van der Waals surface area (Å²) in [5.74, 6) is 3.01. The number of aromatic amines is 1. The molecule has 4 N–H and O–H groups in total. The molecule has 0 aliphatic heterocycles. The number of aromatic nitrogens is 2. The van der Waals surface area contributed by atoms with Gasteiger partial charge in [0.05, 0.1) is 6.20 Å². The summed E-state index contributed by atoms with van der Waals surface area (Å²) >= 11 is 0. The second-order valence-corrected chi connectivity index (χ2v) is 5.72. The van der Waals surface area contributed by atoms with Gasteiger partial charge in [-0.1, -0.05) is 6.42 Å². The van der Waals surface area contributed by atoms with Gasteiger partial charge in [0, 0.05) is 18.5 Å². The summed E-state index contributed by atoms with van der Waals surface area (Å²) in [6, 6.07) is 0. The van der Waals surface area contributed by atoms with Crippen LogP contribution in [0.1, 0.15) is 37.7 Å². The highest BCUT2D eigenvalue weighted by molar-refractivity contribution is 5.76. The molecular weight excluding hydrogens is 228 g/mol. The van der Waals surface area contributed by atoms with E-state index in [0.29, 0.717) is 24.7 Å². The van der Waals surface area contributed by atoms with E-state index in [1.807, 2.05) is 0 Å². The Morgan fingerprint density at radius 3 is 3.00 bits per heavy atom. The third-order valence-electron chi connectivity index (χ3n) is 4.56. The minimum Gasteiger partial charge on any atom is -0.384 e. The van der Waals surface area contributed by atoms with Crippen LogP contribution >= 0.6 is 0 Å². The quantitative estimate of drug-likeness (QED) is 0.753. The van der Waals surface area contributed by atoms with Gasteiger partial charge in [0.1, 0.15) is 5.82 Å². The number of amides is 1. The van der Waals surface area contributed by atoms with Crippen molar-refractivity contribution >= 4 is 11.7 Å². The first-order chi connectivity index (χ1) is 8.72. The fraction of sp³-hybridized carbons (Fsp3) is 0.692. The minimum absolute atomic E-state index is 0.146. The lowest BCUT2D eigenvalue weighted by molar-refractivity contribution is -0.122. The molecule has 2 saturated carbocycles. The highest BCUT2D eigenvalue weighted by atomic mass is 16.1. The molecule has 0 aromatic carbocycles. The van der Waals surface area contributed by atoms with Gasteiger partial charge in [-0.15, -0.1) is 0 Å². The van der Waals surface area contributed by atoms with Crippen molar-refractivity contribution in [1.82, 2.24) is 15.5 Å². The number of nitrogens with one attached hydrogen (secondary N) is 2. The molecule has 1 amide bonds. The summed E-state index contributed by atoms with van der Waals surface area (Å²) in [4.78, 5) is 11.9. The Balaban J connectivity index is 1.46. The second-order valence-electron chi connectivity index (χ2n) is 5.72. The van der Waals surface area contributed by atoms with E-state index in [-0.39, 0.29) is 5.91 Å². The number of nitrogens with zero attached hydrogens (tertiary/aromatic N) is 1. The Labute approximate surface area is 107 Å². The number of rotatable bonds is 4. The number of carbonyl (C=O) groups excluding carboxylic acids is 1. The van der Waals surface area contributed by atoms with Gasteiger partial charge in [0.2, 0.25) is 5.91 Å². The average molecular weight is 248 g/mol. The summed E-state index contributed by atoms with van der Waals surface area (Å²) in [6.45, 7) is 0.474. The molecule has 5 heteroatoms. The number of H-pyrrole nitrogens is 1. The van der Waals surface area contributed by atoms with E-state index in [1.54, 1.807) is 6.20 Å². The number of carbonyl (C=O) groups is 1. The van der Waals surface area contributed by atoms with Gasteiger partial charge < -0.3 is 11.1 Å². The summed E-state index contributed by atoms with van der Waals surface area (Å²) in [6.07, 6.45) is 7.66. The number of nitrogen functional groups attached to an aromatic ring is 1. The summed E-state index contributed by atoms with van der Waals surface area (Å²) < 4.78 is 0. The van der Waals surface area contributed by atoms with E-state index in [2.05, 4.69) is 15.5 Å². The van der Waals surface area contributed by atoms with Crippen LogP contribution in [0.25, 0.3) is 0 Å². The van der Waals surface area contributed by atoms with Crippen LogP contribution in [0, 0.1) is 17.8 Å². The van der Waals surface area contributed by atoms with Crippen LogP contribution in [0.3, 0.4) is 0 Å². The number of anilines is 1. The zero-order valence-electron chi connectivity index (χ0n) is 10.5. The van der Waals surface area contributed by atoms with Crippen molar-refractivity contribution in [1.29, 1.82) is 0 Å². The van der Waals surface area contributed by atoms with Gasteiger partial charge in [-0.05, 0) is 37.0 Å². The maximum Gasteiger partial charge on any atom is 0.220 e. The lowest BCUT2D eigenvalue weighted by Gasteiger charge is -2.20. The average Bonchev–Trinajstić information content (AvgIpc) is 3.03. The first kappa shape index (κ1) is 11.6. The molecule has 2 aliphatic carbocycles. The highest BCUT2D eigenvalue weighted by Gasteiger charge is 2.39. The maximum atomic E-state index is 11.9. The molecule has 98 valence electrons. The smallest absolute Gasteiger partial charge is 0.220 e. The van der Waals surface area contributed by atoms with Gasteiger partial charge in [0.25, 0.3) is 0 Å². The summed E-state index contributed by atoms with van der Waals surface area (Å²) in [5, 5.41) is 9.43. The molecule has 1 aromatic rings. The third kappa shape index (κ3) is 2.21. The van der Waals surface area contributed by atoms with Crippen molar-refractivity contribution in [2.75, 3.05) is 5.73 Å². The van der Waals surface area contributed by atoms with Gasteiger partial charge >= 0.3 is 0 Å². The van der Waals surface area contributed by atoms with Gasteiger partial charge in [-0.25, -0.2) is 0 Å². The van der Waals surface area contributed by atoms with Crippen molar-refractivity contribution in [2.24, 2.45) is 17.8 Å². The largest absolute Gasteiger partial charge is 0.384 e. The molecule has 0 radical (unpaired) electrons. The number of fused-ring (bicyclic) bond motifs is 2. The lowest BCUT2D eigenvalue weighted by atomic mass is 9.86. The molecule has 2 aliphatic rings. The number of nitrogens with two attached hydrogens (primary N) is 1. The molecule has 1 heterocycles. The zero-order valence-corrected chi connectivity index (χ0v) is 10.5. The summed E-state index contributed by atoms with van der Waals surface area (Å²) in [5.41, 5.74) is 6.53. The molecule has 3 rings (SSSR count). The fourth-order valence-corrected chi connectivity index (χ4v) is 3.59. The molecule has 2 bridgehead atoms. The second kappa shape index (κ2) is 4.63. The van der Waals surface area contributed by atoms with Crippen LogP contribution in [0.4, 0.5) is 5.82 Å². The van der Waals surface area contributed by atoms with Crippen LogP contribution in [0.5, 0.6) is 0 Å². The first-order valence-corrected chi connectivity index (χ1v) is 6.77. The van der Waals surface area contributed by atoms with Crippen LogP contribution < -0.4 is 11.1 Å². The Hall–Kier alpha value is -1.52. The number of hydrogen-bond acceptors (Lipinski definition) is 3. The van der Waals surface area contributed by atoms with Crippen molar-refractivity contribution in [3.05, 3.63) is 11.8 Å². The third-order valence-corrected chi connectivity index (χ3v) is 4.56.